The van der Waals surface area contributed by atoms with E-state index >= 15 is 0 Å². The van der Waals surface area contributed by atoms with E-state index in [9.17, 15) is 9.59 Å². The van der Waals surface area contributed by atoms with Crippen molar-refractivity contribution in [1.82, 2.24) is 9.38 Å². The van der Waals surface area contributed by atoms with Crippen LogP contribution in [0.1, 0.15) is 26.7 Å². The molecule has 0 aliphatic heterocycles. The molecular formula is C10H8N2O4. The molecule has 0 aliphatic carbocycles. The van der Waals surface area contributed by atoms with Crippen LogP contribution in [0.5, 0.6) is 0 Å². The van der Waals surface area contributed by atoms with Crippen LogP contribution in [0.25, 0.3) is 5.52 Å². The maximum Gasteiger partial charge on any atom is 0.356 e. The van der Waals surface area contributed by atoms with E-state index in [0.29, 0.717) is 5.82 Å². The van der Waals surface area contributed by atoms with Crippen LogP contribution >= 0.6 is 0 Å². The minimum atomic E-state index is -1.17. The number of rotatable bonds is 2. The van der Waals surface area contributed by atoms with E-state index in [1.165, 1.54) is 22.7 Å². The molecule has 6 heteroatoms. The lowest BCUT2D eigenvalue weighted by Crippen LogP contribution is -2.00. The fraction of sp³-hybridized carbons (Fsp3) is 0.100. The van der Waals surface area contributed by atoms with E-state index in [1.54, 1.807) is 6.92 Å². The largest absolute Gasteiger partial charge is 0.478 e. The van der Waals surface area contributed by atoms with Gasteiger partial charge in [0.15, 0.2) is 5.69 Å². The van der Waals surface area contributed by atoms with Gasteiger partial charge in [0.1, 0.15) is 5.82 Å². The minimum absolute atomic E-state index is 0.0369. The fourth-order valence-electron chi connectivity index (χ4n) is 1.53. The molecule has 2 aromatic heterocycles. The molecule has 0 aliphatic rings. The Balaban J connectivity index is 2.79. The highest BCUT2D eigenvalue weighted by Crippen LogP contribution is 2.15. The van der Waals surface area contributed by atoms with Gasteiger partial charge in [0, 0.05) is 6.20 Å². The Hall–Kier alpha value is -2.37. The zero-order valence-electron chi connectivity index (χ0n) is 8.34. The average Bonchev–Trinajstić information content (AvgIpc) is 2.56. The van der Waals surface area contributed by atoms with E-state index in [0.717, 1.165) is 0 Å². The number of hydrogen-bond acceptors (Lipinski definition) is 3. The summed E-state index contributed by atoms with van der Waals surface area (Å²) < 4.78 is 1.54. The summed E-state index contributed by atoms with van der Waals surface area (Å²) in [6.45, 7) is 1.65. The van der Waals surface area contributed by atoms with Gasteiger partial charge in [-0.05, 0) is 19.1 Å². The summed E-state index contributed by atoms with van der Waals surface area (Å²) in [4.78, 5) is 25.5. The molecule has 0 atom stereocenters. The Morgan fingerprint density at radius 2 is 2.00 bits per heavy atom. The first kappa shape index (κ1) is 10.2. The molecule has 0 saturated heterocycles. The second kappa shape index (κ2) is 3.34. The molecule has 0 fully saturated rings. The number of carbonyl (C=O) groups is 2. The summed E-state index contributed by atoms with van der Waals surface area (Å²) >= 11 is 0. The zero-order chi connectivity index (χ0) is 11.9. The second-order valence-electron chi connectivity index (χ2n) is 3.29. The fourth-order valence-corrected chi connectivity index (χ4v) is 1.53. The number of hydrogen-bond donors (Lipinski definition) is 2. The Kier molecular flexibility index (Phi) is 2.12. The first-order chi connectivity index (χ1) is 7.50. The standard InChI is InChI=1S/C10H8N2O4/c1-5-11-8(10(15)16)7-4-6(9(13)14)2-3-12(5)7/h2-4H,1H3,(H,13,14)(H,15,16). The van der Waals surface area contributed by atoms with Gasteiger partial charge in [0.05, 0.1) is 11.1 Å². The number of aromatic nitrogens is 2. The van der Waals surface area contributed by atoms with Crippen LogP contribution in [-0.4, -0.2) is 31.5 Å². The molecule has 2 heterocycles. The molecule has 6 nitrogen and oxygen atoms in total. The van der Waals surface area contributed by atoms with Gasteiger partial charge in [-0.1, -0.05) is 0 Å². The highest BCUT2D eigenvalue weighted by molar-refractivity contribution is 5.96. The lowest BCUT2D eigenvalue weighted by atomic mass is 10.2. The van der Waals surface area contributed by atoms with Crippen LogP contribution in [0.3, 0.4) is 0 Å². The topological polar surface area (TPSA) is 91.9 Å². The molecular weight excluding hydrogens is 212 g/mol. The summed E-state index contributed by atoms with van der Waals surface area (Å²) in [5.41, 5.74) is 0.181. The first-order valence-corrected chi connectivity index (χ1v) is 4.46. The second-order valence-corrected chi connectivity index (χ2v) is 3.29. The number of imidazole rings is 1. The molecule has 0 amide bonds. The van der Waals surface area contributed by atoms with E-state index < -0.39 is 11.9 Å². The normalized spacial score (nSPS) is 10.6. The molecule has 0 bridgehead atoms. The van der Waals surface area contributed by atoms with Gasteiger partial charge in [-0.2, -0.15) is 0 Å². The van der Waals surface area contributed by atoms with E-state index in [1.807, 2.05) is 0 Å². The molecule has 0 saturated carbocycles. The third-order valence-electron chi connectivity index (χ3n) is 2.27. The Morgan fingerprint density at radius 3 is 2.56 bits per heavy atom. The monoisotopic (exact) mass is 220 g/mol. The van der Waals surface area contributed by atoms with Crippen molar-refractivity contribution in [3.63, 3.8) is 0 Å². The van der Waals surface area contributed by atoms with Gasteiger partial charge in [-0.15, -0.1) is 0 Å². The summed E-state index contributed by atoms with van der Waals surface area (Å²) in [7, 11) is 0. The van der Waals surface area contributed by atoms with Crippen molar-refractivity contribution in [2.75, 3.05) is 0 Å². The zero-order valence-corrected chi connectivity index (χ0v) is 8.34. The smallest absolute Gasteiger partial charge is 0.356 e. The lowest BCUT2D eigenvalue weighted by molar-refractivity contribution is 0.0682. The SMILES string of the molecule is Cc1nc(C(=O)O)c2cc(C(=O)O)ccn12. The molecule has 2 aromatic rings. The van der Waals surface area contributed by atoms with E-state index in [-0.39, 0.29) is 16.8 Å². The van der Waals surface area contributed by atoms with Gasteiger partial charge in [-0.3, -0.25) is 0 Å². The number of nitrogens with zero attached hydrogens (tertiary/aromatic N) is 2. The van der Waals surface area contributed by atoms with Gasteiger partial charge < -0.3 is 14.6 Å². The highest BCUT2D eigenvalue weighted by atomic mass is 16.4. The van der Waals surface area contributed by atoms with Crippen molar-refractivity contribution in [3.8, 4) is 0 Å². The minimum Gasteiger partial charge on any atom is -0.478 e. The number of pyridine rings is 1. The van der Waals surface area contributed by atoms with Gasteiger partial charge in [0.2, 0.25) is 0 Å². The first-order valence-electron chi connectivity index (χ1n) is 4.46. The van der Waals surface area contributed by atoms with Gasteiger partial charge in [0.25, 0.3) is 0 Å². The molecule has 0 spiro atoms. The third-order valence-corrected chi connectivity index (χ3v) is 2.27. The van der Waals surface area contributed by atoms with Crippen LogP contribution in [0.15, 0.2) is 18.3 Å². The van der Waals surface area contributed by atoms with Crippen molar-refractivity contribution in [2.45, 2.75) is 6.92 Å². The molecule has 0 aromatic carbocycles. The van der Waals surface area contributed by atoms with Crippen LogP contribution in [0.4, 0.5) is 0 Å². The quantitative estimate of drug-likeness (QED) is 0.788. The maximum absolute atomic E-state index is 10.9. The Labute approximate surface area is 89.8 Å². The Morgan fingerprint density at radius 1 is 1.31 bits per heavy atom. The predicted molar refractivity (Wildman–Crippen MR) is 53.8 cm³/mol. The lowest BCUT2D eigenvalue weighted by Gasteiger charge is -1.98. The van der Waals surface area contributed by atoms with Crippen molar-refractivity contribution >= 4 is 17.5 Å². The molecule has 16 heavy (non-hydrogen) atoms. The van der Waals surface area contributed by atoms with Crippen LogP contribution in [0.2, 0.25) is 0 Å². The van der Waals surface area contributed by atoms with Crippen molar-refractivity contribution < 1.29 is 19.8 Å². The number of fused-ring (bicyclic) bond motifs is 1. The molecule has 0 unspecified atom stereocenters. The van der Waals surface area contributed by atoms with Crippen LogP contribution < -0.4 is 0 Å². The summed E-state index contributed by atoms with van der Waals surface area (Å²) in [5.74, 6) is -1.77. The number of aryl methyl sites for hydroxylation is 1. The van der Waals surface area contributed by atoms with Crippen molar-refractivity contribution in [2.24, 2.45) is 0 Å². The third kappa shape index (κ3) is 1.40. The van der Waals surface area contributed by atoms with E-state index in [4.69, 9.17) is 10.2 Å². The molecule has 2 N–H and O–H groups in total. The summed E-state index contributed by atoms with van der Waals surface area (Å²) in [6, 6.07) is 2.70. The van der Waals surface area contributed by atoms with Crippen LogP contribution in [0, 0.1) is 6.92 Å². The van der Waals surface area contributed by atoms with Crippen molar-refractivity contribution in [3.05, 3.63) is 35.4 Å². The van der Waals surface area contributed by atoms with Crippen LogP contribution in [-0.2, 0) is 0 Å². The summed E-state index contributed by atoms with van der Waals surface area (Å²) in [6.07, 6.45) is 1.49. The average molecular weight is 220 g/mol. The maximum atomic E-state index is 10.9. The summed E-state index contributed by atoms with van der Waals surface area (Å²) in [5, 5.41) is 17.7. The van der Waals surface area contributed by atoms with Gasteiger partial charge >= 0.3 is 11.9 Å². The highest BCUT2D eigenvalue weighted by Gasteiger charge is 2.16. The van der Waals surface area contributed by atoms with Gasteiger partial charge in [-0.25, -0.2) is 14.6 Å². The van der Waals surface area contributed by atoms with E-state index in [2.05, 4.69) is 4.98 Å². The molecule has 0 radical (unpaired) electrons. The molecule has 2 rings (SSSR count). The number of aromatic carboxylic acids is 2. The Bertz CT molecular complexity index is 600. The van der Waals surface area contributed by atoms with Crippen molar-refractivity contribution in [1.29, 1.82) is 0 Å². The number of carboxylic acids is 2. The molecule has 82 valence electrons. The predicted octanol–water partition coefficient (Wildman–Crippen LogP) is 1.04. The number of carboxylic acid groups (broad SMARTS) is 2.